The van der Waals surface area contributed by atoms with E-state index in [1.54, 1.807) is 18.2 Å². The second-order valence-electron chi connectivity index (χ2n) is 1.93. The predicted octanol–water partition coefficient (Wildman–Crippen LogP) is 1.76. The molecule has 2 nitrogen and oxygen atoms in total. The van der Waals surface area contributed by atoms with E-state index < -0.39 is 0 Å². The maximum atomic E-state index is 9.78. The first-order valence-corrected chi connectivity index (χ1v) is 2.89. The molecule has 1 radical (unpaired) electrons. The third kappa shape index (κ3) is 1.54. The molecule has 0 amide bonds. The van der Waals surface area contributed by atoms with E-state index in [2.05, 4.69) is 11.1 Å². The number of rotatable bonds is 1. The lowest BCUT2D eigenvalue weighted by atomic mass is 10.2. The van der Waals surface area contributed by atoms with Crippen LogP contribution >= 0.6 is 0 Å². The summed E-state index contributed by atoms with van der Waals surface area (Å²) < 4.78 is 0. The number of aryl methyl sites for hydroxylation is 1. The monoisotopic (exact) mass is 132 g/mol. The van der Waals surface area contributed by atoms with Gasteiger partial charge in [0.1, 0.15) is 0 Å². The first-order chi connectivity index (χ1) is 4.83. The summed E-state index contributed by atoms with van der Waals surface area (Å²) in [7, 11) is 0. The second kappa shape index (κ2) is 2.95. The molecule has 0 fully saturated rings. The van der Waals surface area contributed by atoms with Gasteiger partial charge in [-0.25, -0.2) is 4.79 Å². The van der Waals surface area contributed by atoms with Crippen LogP contribution in [0.25, 0.3) is 0 Å². The summed E-state index contributed by atoms with van der Waals surface area (Å²) in [4.78, 5) is 13.2. The van der Waals surface area contributed by atoms with Crippen molar-refractivity contribution < 1.29 is 4.79 Å². The third-order valence-electron chi connectivity index (χ3n) is 1.10. The molecule has 49 valence electrons. The summed E-state index contributed by atoms with van der Waals surface area (Å²) in [5.41, 5.74) is 1.60. The molecule has 10 heavy (non-hydrogen) atoms. The van der Waals surface area contributed by atoms with Crippen LogP contribution in [-0.2, 0) is 4.79 Å². The summed E-state index contributed by atoms with van der Waals surface area (Å²) in [6.07, 6.45) is 1.47. The molecule has 1 rings (SSSR count). The van der Waals surface area contributed by atoms with E-state index in [0.717, 1.165) is 5.56 Å². The Morgan fingerprint density at radius 2 is 2.50 bits per heavy atom. The summed E-state index contributed by atoms with van der Waals surface area (Å²) >= 11 is 0. The molecule has 0 aromatic heterocycles. The van der Waals surface area contributed by atoms with Gasteiger partial charge in [0.15, 0.2) is 0 Å². The summed E-state index contributed by atoms with van der Waals surface area (Å²) in [6, 6.07) is 8.14. The molecule has 0 N–H and O–H groups in total. The highest BCUT2D eigenvalue weighted by molar-refractivity contribution is 5.49. The highest BCUT2D eigenvalue weighted by Crippen LogP contribution is 2.10. The molecule has 1 aromatic carbocycles. The molecule has 0 atom stereocenters. The zero-order valence-electron chi connectivity index (χ0n) is 5.59. The van der Waals surface area contributed by atoms with Gasteiger partial charge in [0.25, 0.3) is 0 Å². The van der Waals surface area contributed by atoms with Gasteiger partial charge in [-0.3, -0.25) is 0 Å². The zero-order valence-corrected chi connectivity index (χ0v) is 5.59. The van der Waals surface area contributed by atoms with Gasteiger partial charge >= 0.3 is 0 Å². The Bertz CT molecular complexity index is 274. The number of hydrogen-bond donors (Lipinski definition) is 0. The number of isocyanates is 1. The fraction of sp³-hybridized carbons (Fsp3) is 0.125. The van der Waals surface area contributed by atoms with Crippen molar-refractivity contribution in [2.45, 2.75) is 6.92 Å². The van der Waals surface area contributed by atoms with E-state index >= 15 is 0 Å². The van der Waals surface area contributed by atoms with Gasteiger partial charge in [-0.15, -0.1) is 0 Å². The van der Waals surface area contributed by atoms with Gasteiger partial charge < -0.3 is 0 Å². The van der Waals surface area contributed by atoms with Crippen molar-refractivity contribution in [3.8, 4) is 0 Å². The van der Waals surface area contributed by atoms with Crippen LogP contribution in [-0.4, -0.2) is 6.08 Å². The van der Waals surface area contributed by atoms with Crippen LogP contribution in [0.15, 0.2) is 23.2 Å². The summed E-state index contributed by atoms with van der Waals surface area (Å²) in [6.45, 7) is 1.89. The molecule has 0 bridgehead atoms. The van der Waals surface area contributed by atoms with Crippen molar-refractivity contribution in [1.29, 1.82) is 0 Å². The molecule has 0 saturated heterocycles. The van der Waals surface area contributed by atoms with Crippen molar-refractivity contribution >= 4 is 11.8 Å². The van der Waals surface area contributed by atoms with E-state index in [0.29, 0.717) is 5.69 Å². The smallest absolute Gasteiger partial charge is 0.211 e. The Labute approximate surface area is 59.2 Å². The Kier molecular flexibility index (Phi) is 1.98. The largest absolute Gasteiger partial charge is 0.240 e. The molecule has 2 heteroatoms. The van der Waals surface area contributed by atoms with E-state index in [4.69, 9.17) is 0 Å². The normalized spacial score (nSPS) is 8.50. The molecule has 0 heterocycles. The lowest BCUT2D eigenvalue weighted by molar-refractivity contribution is 0.565. The van der Waals surface area contributed by atoms with E-state index in [1.807, 2.05) is 6.92 Å². The first kappa shape index (κ1) is 6.72. The van der Waals surface area contributed by atoms with Crippen molar-refractivity contribution in [2.24, 2.45) is 4.99 Å². The molecule has 0 aliphatic heterocycles. The highest BCUT2D eigenvalue weighted by Gasteiger charge is 1.86. The van der Waals surface area contributed by atoms with Gasteiger partial charge in [0.05, 0.1) is 5.69 Å². The quantitative estimate of drug-likeness (QED) is 0.423. The Hall–Kier alpha value is -1.40. The minimum atomic E-state index is 0.631. The summed E-state index contributed by atoms with van der Waals surface area (Å²) in [5, 5.41) is 0. The van der Waals surface area contributed by atoms with Crippen LogP contribution in [0.3, 0.4) is 0 Å². The maximum absolute atomic E-state index is 9.78. The number of aliphatic imine (C=N–C) groups is 1. The van der Waals surface area contributed by atoms with Crippen molar-refractivity contribution in [3.05, 3.63) is 29.8 Å². The van der Waals surface area contributed by atoms with Crippen LogP contribution in [0.2, 0.25) is 0 Å². The second-order valence-corrected chi connectivity index (χ2v) is 1.93. The minimum absolute atomic E-state index is 0.631. The molecule has 0 spiro atoms. The molecule has 1 aromatic rings. The van der Waals surface area contributed by atoms with Crippen LogP contribution in [0.4, 0.5) is 5.69 Å². The Morgan fingerprint density at radius 1 is 1.70 bits per heavy atom. The predicted molar refractivity (Wildman–Crippen MR) is 37.8 cm³/mol. The average Bonchev–Trinajstić information content (AvgIpc) is 1.88. The molecule has 0 unspecified atom stereocenters. The van der Waals surface area contributed by atoms with Gasteiger partial charge in [-0.1, -0.05) is 6.07 Å². The molecular formula is C8H6NO. The Balaban J connectivity index is 3.06. The zero-order chi connectivity index (χ0) is 7.40. The molecule has 0 saturated carbocycles. The average molecular weight is 132 g/mol. The number of benzene rings is 1. The van der Waals surface area contributed by atoms with Crippen LogP contribution in [0.5, 0.6) is 0 Å². The van der Waals surface area contributed by atoms with E-state index in [9.17, 15) is 4.79 Å². The SMILES string of the molecule is Cc1[c]ccc(N=C=O)c1. The standard InChI is InChI=1S/C8H6NO/c1-7-3-2-4-8(5-7)9-6-10/h2,4-5H,1H3. The van der Waals surface area contributed by atoms with Crippen molar-refractivity contribution in [1.82, 2.24) is 0 Å². The fourth-order valence-corrected chi connectivity index (χ4v) is 0.692. The van der Waals surface area contributed by atoms with Crippen molar-refractivity contribution in [3.63, 3.8) is 0 Å². The first-order valence-electron chi connectivity index (χ1n) is 2.89. The fourth-order valence-electron chi connectivity index (χ4n) is 0.692. The number of nitrogens with zero attached hydrogens (tertiary/aromatic N) is 1. The number of carbonyl (C=O) groups excluding carboxylic acids is 1. The third-order valence-corrected chi connectivity index (χ3v) is 1.10. The summed E-state index contributed by atoms with van der Waals surface area (Å²) in [5.74, 6) is 0. The minimum Gasteiger partial charge on any atom is -0.211 e. The van der Waals surface area contributed by atoms with Gasteiger partial charge in [0.2, 0.25) is 6.08 Å². The van der Waals surface area contributed by atoms with Crippen LogP contribution in [0.1, 0.15) is 5.56 Å². The Morgan fingerprint density at radius 3 is 3.10 bits per heavy atom. The highest BCUT2D eigenvalue weighted by atomic mass is 16.1. The van der Waals surface area contributed by atoms with Crippen molar-refractivity contribution in [2.75, 3.05) is 0 Å². The van der Waals surface area contributed by atoms with E-state index in [1.165, 1.54) is 6.08 Å². The number of hydrogen-bond acceptors (Lipinski definition) is 2. The molecule has 0 aliphatic carbocycles. The molecular weight excluding hydrogens is 126 g/mol. The van der Waals surface area contributed by atoms with E-state index in [-0.39, 0.29) is 0 Å². The van der Waals surface area contributed by atoms with Gasteiger partial charge in [0, 0.05) is 0 Å². The van der Waals surface area contributed by atoms with Crippen LogP contribution < -0.4 is 0 Å². The lowest BCUT2D eigenvalue weighted by Gasteiger charge is -1.89. The topological polar surface area (TPSA) is 29.4 Å². The van der Waals surface area contributed by atoms with Gasteiger partial charge in [-0.2, -0.15) is 4.99 Å². The maximum Gasteiger partial charge on any atom is 0.240 e. The molecule has 0 aliphatic rings. The lowest BCUT2D eigenvalue weighted by Crippen LogP contribution is -1.69. The van der Waals surface area contributed by atoms with Gasteiger partial charge in [-0.05, 0) is 30.7 Å². The van der Waals surface area contributed by atoms with Crippen LogP contribution in [0, 0.1) is 13.0 Å².